The van der Waals surface area contributed by atoms with Crippen molar-refractivity contribution in [2.24, 2.45) is 5.92 Å². The quantitative estimate of drug-likeness (QED) is 0.876. The van der Waals surface area contributed by atoms with Crippen molar-refractivity contribution < 1.29 is 0 Å². The highest BCUT2D eigenvalue weighted by molar-refractivity contribution is 5.37. The number of hydrogen-bond donors (Lipinski definition) is 1. The van der Waals surface area contributed by atoms with Crippen LogP contribution in [0.4, 0.5) is 5.69 Å². The fourth-order valence-corrected chi connectivity index (χ4v) is 2.66. The molecule has 1 aromatic heterocycles. The summed E-state index contributed by atoms with van der Waals surface area (Å²) in [5.41, 5.74) is 7.67. The van der Waals surface area contributed by atoms with Crippen LogP contribution in [-0.2, 0) is 6.54 Å². The molecule has 0 unspecified atom stereocenters. The zero-order valence-corrected chi connectivity index (χ0v) is 11.5. The molecule has 0 bridgehead atoms. The Hall–Kier alpha value is -1.13. The van der Waals surface area contributed by atoms with Gasteiger partial charge in [-0.25, -0.2) is 0 Å². The average molecular weight is 248 g/mol. The van der Waals surface area contributed by atoms with E-state index in [0.29, 0.717) is 0 Å². The molecule has 4 nitrogen and oxygen atoms in total. The molecule has 2 N–H and O–H groups in total. The third-order valence-electron chi connectivity index (χ3n) is 3.56. The Morgan fingerprint density at radius 2 is 2.11 bits per heavy atom. The number of nitrogens with zero attached hydrogens (tertiary/aromatic N) is 3. The first-order valence-corrected chi connectivity index (χ1v) is 6.71. The van der Waals surface area contributed by atoms with Gasteiger partial charge in [0, 0.05) is 25.0 Å². The van der Waals surface area contributed by atoms with Gasteiger partial charge in [-0.3, -0.25) is 9.88 Å². The van der Waals surface area contributed by atoms with Crippen LogP contribution < -0.4 is 5.73 Å². The zero-order valence-electron chi connectivity index (χ0n) is 11.5. The van der Waals surface area contributed by atoms with Gasteiger partial charge < -0.3 is 10.6 Å². The molecule has 0 radical (unpaired) electrons. The molecule has 1 aliphatic rings. The number of hydrogen-bond acceptors (Lipinski definition) is 4. The predicted octanol–water partition coefficient (Wildman–Crippen LogP) is 1.44. The summed E-state index contributed by atoms with van der Waals surface area (Å²) in [4.78, 5) is 9.14. The molecule has 0 saturated carbocycles. The molecular weight excluding hydrogens is 224 g/mol. The predicted molar refractivity (Wildman–Crippen MR) is 75.2 cm³/mol. The van der Waals surface area contributed by atoms with Gasteiger partial charge >= 0.3 is 0 Å². The Labute approximate surface area is 110 Å². The number of likely N-dealkylation sites (tertiary alicyclic amines) is 1. The SMILES string of the molecule is CN(C)CC1CCN(Cc2cc(N)ccn2)CC1. The third kappa shape index (κ3) is 3.96. The van der Waals surface area contributed by atoms with Gasteiger partial charge in [0.25, 0.3) is 0 Å². The highest BCUT2D eigenvalue weighted by atomic mass is 15.1. The molecule has 4 heteroatoms. The number of piperidine rings is 1. The van der Waals surface area contributed by atoms with Crippen molar-refractivity contribution in [1.29, 1.82) is 0 Å². The molecule has 0 amide bonds. The topological polar surface area (TPSA) is 45.4 Å². The van der Waals surface area contributed by atoms with E-state index in [1.54, 1.807) is 6.20 Å². The maximum Gasteiger partial charge on any atom is 0.0564 e. The number of rotatable bonds is 4. The summed E-state index contributed by atoms with van der Waals surface area (Å²) >= 11 is 0. The lowest BCUT2D eigenvalue weighted by atomic mass is 9.96. The summed E-state index contributed by atoms with van der Waals surface area (Å²) in [6.07, 6.45) is 4.38. The minimum absolute atomic E-state index is 0.808. The molecule has 1 saturated heterocycles. The summed E-state index contributed by atoms with van der Waals surface area (Å²) in [5.74, 6) is 0.852. The van der Waals surface area contributed by atoms with Crippen LogP contribution in [0.15, 0.2) is 18.3 Å². The highest BCUT2D eigenvalue weighted by Crippen LogP contribution is 2.19. The second-order valence-electron chi connectivity index (χ2n) is 5.56. The maximum absolute atomic E-state index is 5.78. The molecule has 0 aliphatic carbocycles. The van der Waals surface area contributed by atoms with Crippen molar-refractivity contribution in [3.05, 3.63) is 24.0 Å². The van der Waals surface area contributed by atoms with Gasteiger partial charge in [-0.15, -0.1) is 0 Å². The lowest BCUT2D eigenvalue weighted by Gasteiger charge is -2.32. The second kappa shape index (κ2) is 6.16. The van der Waals surface area contributed by atoms with Gasteiger partial charge in [-0.05, 0) is 58.1 Å². The fourth-order valence-electron chi connectivity index (χ4n) is 2.66. The number of aromatic nitrogens is 1. The summed E-state index contributed by atoms with van der Waals surface area (Å²) in [6, 6.07) is 3.82. The lowest BCUT2D eigenvalue weighted by Crippen LogP contribution is -2.36. The van der Waals surface area contributed by atoms with E-state index in [2.05, 4.69) is 28.9 Å². The summed E-state index contributed by atoms with van der Waals surface area (Å²) < 4.78 is 0. The fraction of sp³-hybridized carbons (Fsp3) is 0.643. The number of nitrogen functional groups attached to an aromatic ring is 1. The van der Waals surface area contributed by atoms with Crippen LogP contribution in [0.2, 0.25) is 0 Å². The normalized spacial score (nSPS) is 18.4. The summed E-state index contributed by atoms with van der Waals surface area (Å²) in [6.45, 7) is 4.49. The molecular formula is C14H24N4. The van der Waals surface area contributed by atoms with Gasteiger partial charge in [0.2, 0.25) is 0 Å². The monoisotopic (exact) mass is 248 g/mol. The van der Waals surface area contributed by atoms with Crippen molar-refractivity contribution >= 4 is 5.69 Å². The molecule has 18 heavy (non-hydrogen) atoms. The molecule has 1 fully saturated rings. The Balaban J connectivity index is 1.80. The zero-order chi connectivity index (χ0) is 13.0. The van der Waals surface area contributed by atoms with E-state index in [1.807, 2.05) is 12.1 Å². The maximum atomic E-state index is 5.78. The molecule has 1 aromatic rings. The second-order valence-corrected chi connectivity index (χ2v) is 5.56. The minimum Gasteiger partial charge on any atom is -0.399 e. The van der Waals surface area contributed by atoms with E-state index in [9.17, 15) is 0 Å². The van der Waals surface area contributed by atoms with Crippen molar-refractivity contribution in [3.8, 4) is 0 Å². The molecule has 0 atom stereocenters. The molecule has 2 heterocycles. The summed E-state index contributed by atoms with van der Waals surface area (Å²) in [5, 5.41) is 0. The number of anilines is 1. The van der Waals surface area contributed by atoms with Crippen LogP contribution in [0.1, 0.15) is 18.5 Å². The van der Waals surface area contributed by atoms with Crippen LogP contribution in [0.25, 0.3) is 0 Å². The summed E-state index contributed by atoms with van der Waals surface area (Å²) in [7, 11) is 4.31. The standard InChI is InChI=1S/C14H24N4/c1-17(2)10-12-4-7-18(8-5-12)11-14-9-13(15)3-6-16-14/h3,6,9,12H,4-5,7-8,10-11H2,1-2H3,(H2,15,16). The van der Waals surface area contributed by atoms with E-state index in [4.69, 9.17) is 5.73 Å². The highest BCUT2D eigenvalue weighted by Gasteiger charge is 2.19. The Bertz CT molecular complexity index is 370. The van der Waals surface area contributed by atoms with E-state index in [0.717, 1.165) is 23.8 Å². The molecule has 2 rings (SSSR count). The van der Waals surface area contributed by atoms with Gasteiger partial charge in [0.05, 0.1) is 5.69 Å². The Morgan fingerprint density at radius 3 is 2.72 bits per heavy atom. The molecule has 100 valence electrons. The van der Waals surface area contributed by atoms with Gasteiger partial charge in [-0.2, -0.15) is 0 Å². The van der Waals surface area contributed by atoms with Crippen molar-refractivity contribution in [2.75, 3.05) is 39.5 Å². The molecule has 0 spiro atoms. The van der Waals surface area contributed by atoms with Gasteiger partial charge in [0.15, 0.2) is 0 Å². The Kier molecular flexibility index (Phi) is 4.55. The van der Waals surface area contributed by atoms with E-state index in [1.165, 1.54) is 32.5 Å². The smallest absolute Gasteiger partial charge is 0.0564 e. The Morgan fingerprint density at radius 1 is 1.39 bits per heavy atom. The average Bonchev–Trinajstić information content (AvgIpc) is 2.31. The third-order valence-corrected chi connectivity index (χ3v) is 3.56. The van der Waals surface area contributed by atoms with E-state index < -0.39 is 0 Å². The van der Waals surface area contributed by atoms with Crippen molar-refractivity contribution in [2.45, 2.75) is 19.4 Å². The minimum atomic E-state index is 0.808. The van der Waals surface area contributed by atoms with Gasteiger partial charge in [-0.1, -0.05) is 0 Å². The van der Waals surface area contributed by atoms with Crippen molar-refractivity contribution in [3.63, 3.8) is 0 Å². The largest absolute Gasteiger partial charge is 0.399 e. The van der Waals surface area contributed by atoms with Crippen molar-refractivity contribution in [1.82, 2.24) is 14.8 Å². The van der Waals surface area contributed by atoms with Gasteiger partial charge in [0.1, 0.15) is 0 Å². The van der Waals surface area contributed by atoms with Crippen LogP contribution in [-0.4, -0.2) is 48.5 Å². The first-order valence-electron chi connectivity index (χ1n) is 6.71. The van der Waals surface area contributed by atoms with E-state index >= 15 is 0 Å². The van der Waals surface area contributed by atoms with Crippen LogP contribution >= 0.6 is 0 Å². The number of pyridine rings is 1. The van der Waals surface area contributed by atoms with Crippen LogP contribution in [0.3, 0.4) is 0 Å². The molecule has 1 aliphatic heterocycles. The van der Waals surface area contributed by atoms with E-state index in [-0.39, 0.29) is 0 Å². The number of nitrogens with two attached hydrogens (primary N) is 1. The first kappa shape index (κ1) is 13.3. The first-order chi connectivity index (χ1) is 8.63. The van der Waals surface area contributed by atoms with Crippen LogP contribution in [0.5, 0.6) is 0 Å². The lowest BCUT2D eigenvalue weighted by molar-refractivity contribution is 0.155. The van der Waals surface area contributed by atoms with Crippen LogP contribution in [0, 0.1) is 5.92 Å². The molecule has 0 aromatic carbocycles.